The number of hydrogen-bond donors (Lipinski definition) is 0. The van der Waals surface area contributed by atoms with Gasteiger partial charge in [0.15, 0.2) is 0 Å². The lowest BCUT2D eigenvalue weighted by Crippen LogP contribution is -2.26. The Hall–Kier alpha value is -0.780. The van der Waals surface area contributed by atoms with Crippen LogP contribution >= 0.6 is 0 Å². The topological polar surface area (TPSA) is 0 Å². The highest BCUT2D eigenvalue weighted by molar-refractivity contribution is 5.50. The zero-order chi connectivity index (χ0) is 17.8. The van der Waals surface area contributed by atoms with Crippen LogP contribution in [0.15, 0.2) is 6.07 Å². The molecule has 0 saturated heterocycles. The Morgan fingerprint density at radius 2 is 1.50 bits per heavy atom. The Labute approximate surface area is 162 Å². The van der Waals surface area contributed by atoms with Gasteiger partial charge in [-0.25, -0.2) is 0 Å². The molecule has 3 aliphatic rings. The number of hydrogen-bond acceptors (Lipinski definition) is 0. The maximum atomic E-state index is 2.74. The van der Waals surface area contributed by atoms with Crippen LogP contribution in [0.5, 0.6) is 0 Å². The van der Waals surface area contributed by atoms with Gasteiger partial charge in [-0.3, -0.25) is 0 Å². The van der Waals surface area contributed by atoms with E-state index in [1.54, 1.807) is 5.56 Å². The Morgan fingerprint density at radius 3 is 2.38 bits per heavy atom. The summed E-state index contributed by atoms with van der Waals surface area (Å²) in [5.74, 6) is 1.93. The highest BCUT2D eigenvalue weighted by Crippen LogP contribution is 2.47. The second kappa shape index (κ2) is 8.94. The minimum atomic E-state index is 0.919. The minimum absolute atomic E-state index is 0.919. The van der Waals surface area contributed by atoms with Crippen molar-refractivity contribution in [3.63, 3.8) is 0 Å². The van der Waals surface area contributed by atoms with Crippen LogP contribution in [0.1, 0.15) is 124 Å². The summed E-state index contributed by atoms with van der Waals surface area (Å²) >= 11 is 0. The van der Waals surface area contributed by atoms with E-state index < -0.39 is 0 Å². The third-order valence-electron chi connectivity index (χ3n) is 7.77. The molecule has 1 saturated carbocycles. The normalized spacial score (nSPS) is 24.7. The van der Waals surface area contributed by atoms with Crippen LogP contribution in [0.25, 0.3) is 0 Å². The Bertz CT molecular complexity index is 597. The molecule has 4 rings (SSSR count). The van der Waals surface area contributed by atoms with Gasteiger partial charge < -0.3 is 0 Å². The third kappa shape index (κ3) is 3.90. The van der Waals surface area contributed by atoms with Crippen LogP contribution < -0.4 is 0 Å². The first kappa shape index (κ1) is 18.6. The highest BCUT2D eigenvalue weighted by Gasteiger charge is 2.34. The van der Waals surface area contributed by atoms with Crippen LogP contribution in [-0.2, 0) is 25.7 Å². The van der Waals surface area contributed by atoms with Gasteiger partial charge in [-0.1, -0.05) is 57.9 Å². The first-order valence-electron chi connectivity index (χ1n) is 12.0. The molecule has 0 aromatic heterocycles. The molecule has 0 aliphatic heterocycles. The molecule has 0 amide bonds. The molecule has 0 nitrogen and oxygen atoms in total. The molecule has 1 aromatic carbocycles. The lowest BCUT2D eigenvalue weighted by Gasteiger charge is -2.40. The summed E-state index contributed by atoms with van der Waals surface area (Å²) in [5, 5.41) is 0. The summed E-state index contributed by atoms with van der Waals surface area (Å²) in [5.41, 5.74) is 9.12. The van der Waals surface area contributed by atoms with E-state index in [0.717, 1.165) is 11.8 Å². The van der Waals surface area contributed by atoms with Crippen molar-refractivity contribution in [1.82, 2.24) is 0 Å². The molecule has 2 unspecified atom stereocenters. The van der Waals surface area contributed by atoms with Crippen LogP contribution in [0.4, 0.5) is 0 Å². The molecule has 1 fully saturated rings. The minimum Gasteiger partial charge on any atom is -0.0654 e. The predicted octanol–water partition coefficient (Wildman–Crippen LogP) is 7.69. The van der Waals surface area contributed by atoms with Gasteiger partial charge in [0, 0.05) is 0 Å². The lowest BCUT2D eigenvalue weighted by atomic mass is 9.65. The quantitative estimate of drug-likeness (QED) is 0.441. The van der Waals surface area contributed by atoms with Gasteiger partial charge in [0.25, 0.3) is 0 Å². The second-order valence-electron chi connectivity index (χ2n) is 9.48. The molecule has 0 heteroatoms. The summed E-state index contributed by atoms with van der Waals surface area (Å²) in [6.07, 6.45) is 24.4. The van der Waals surface area contributed by atoms with Crippen molar-refractivity contribution < 1.29 is 0 Å². The van der Waals surface area contributed by atoms with Crippen molar-refractivity contribution in [2.45, 2.75) is 122 Å². The second-order valence-corrected chi connectivity index (χ2v) is 9.48. The predicted molar refractivity (Wildman–Crippen MR) is 113 cm³/mol. The van der Waals surface area contributed by atoms with Gasteiger partial charge in [-0.05, 0) is 104 Å². The number of aryl methyl sites for hydroxylation is 1. The van der Waals surface area contributed by atoms with Crippen molar-refractivity contribution in [2.24, 2.45) is 5.92 Å². The first-order chi connectivity index (χ1) is 12.9. The van der Waals surface area contributed by atoms with Gasteiger partial charge in [0.2, 0.25) is 0 Å². The van der Waals surface area contributed by atoms with Crippen molar-refractivity contribution in [2.75, 3.05) is 0 Å². The summed E-state index contributed by atoms with van der Waals surface area (Å²) in [6.45, 7) is 2.32. The molecule has 1 aromatic rings. The summed E-state index contributed by atoms with van der Waals surface area (Å²) in [4.78, 5) is 0. The molecule has 3 aliphatic carbocycles. The van der Waals surface area contributed by atoms with Gasteiger partial charge in [-0.2, -0.15) is 0 Å². The van der Waals surface area contributed by atoms with Crippen LogP contribution in [-0.4, -0.2) is 0 Å². The first-order valence-corrected chi connectivity index (χ1v) is 12.0. The maximum absolute atomic E-state index is 2.74. The average Bonchev–Trinajstić information content (AvgIpc) is 2.70. The highest BCUT2D eigenvalue weighted by atomic mass is 14.4. The van der Waals surface area contributed by atoms with E-state index in [0.29, 0.717) is 0 Å². The van der Waals surface area contributed by atoms with E-state index >= 15 is 0 Å². The molecule has 0 N–H and O–H groups in total. The largest absolute Gasteiger partial charge is 0.0654 e. The lowest BCUT2D eigenvalue weighted by molar-refractivity contribution is 0.274. The van der Waals surface area contributed by atoms with Crippen molar-refractivity contribution >= 4 is 0 Å². The maximum Gasteiger partial charge on any atom is -0.0131 e. The fourth-order valence-corrected chi connectivity index (χ4v) is 6.37. The van der Waals surface area contributed by atoms with Gasteiger partial charge in [0.05, 0.1) is 0 Å². The Kier molecular flexibility index (Phi) is 6.39. The summed E-state index contributed by atoms with van der Waals surface area (Å²) in [7, 11) is 0. The number of fused-ring (bicyclic) bond motifs is 5. The van der Waals surface area contributed by atoms with Gasteiger partial charge in [0.1, 0.15) is 0 Å². The smallest absolute Gasteiger partial charge is 0.0131 e. The van der Waals surface area contributed by atoms with Crippen molar-refractivity contribution in [3.8, 4) is 0 Å². The fraction of sp³-hybridized carbons (Fsp3) is 0.769. The number of rotatable bonds is 7. The molecule has 0 spiro atoms. The van der Waals surface area contributed by atoms with Crippen molar-refractivity contribution in [3.05, 3.63) is 33.9 Å². The van der Waals surface area contributed by atoms with Crippen LogP contribution in [0, 0.1) is 5.92 Å². The Balaban J connectivity index is 1.54. The van der Waals surface area contributed by atoms with E-state index in [2.05, 4.69) is 13.0 Å². The molecular weight excluding hydrogens is 312 g/mol. The molecular formula is C26H40. The summed E-state index contributed by atoms with van der Waals surface area (Å²) < 4.78 is 0. The average molecular weight is 353 g/mol. The number of unbranched alkanes of at least 4 members (excludes halogenated alkanes) is 5. The fourth-order valence-electron chi connectivity index (χ4n) is 6.37. The molecule has 0 radical (unpaired) electrons. The molecule has 2 atom stereocenters. The van der Waals surface area contributed by atoms with E-state index in [-0.39, 0.29) is 0 Å². The van der Waals surface area contributed by atoms with E-state index in [1.807, 2.05) is 22.3 Å². The SMILES string of the molecule is CCCCCCCCc1cc2c(c3c1CCCC3)CCC1CCCCC21. The zero-order valence-electron chi connectivity index (χ0n) is 17.3. The van der Waals surface area contributed by atoms with E-state index in [1.165, 1.54) is 109 Å². The monoisotopic (exact) mass is 352 g/mol. The van der Waals surface area contributed by atoms with Crippen molar-refractivity contribution in [1.29, 1.82) is 0 Å². The third-order valence-corrected chi connectivity index (χ3v) is 7.77. The van der Waals surface area contributed by atoms with Crippen LogP contribution in [0.3, 0.4) is 0 Å². The molecule has 144 valence electrons. The summed E-state index contributed by atoms with van der Waals surface area (Å²) in [6, 6.07) is 2.74. The molecule has 0 heterocycles. The standard InChI is InChI=1S/C26H40/c1-2-3-4-5-6-7-13-21-19-26-22-14-9-8-12-20(22)17-18-25(26)24-16-11-10-15-23(21)24/h19-20,22H,2-18H2,1H3. The Morgan fingerprint density at radius 1 is 0.731 bits per heavy atom. The van der Waals surface area contributed by atoms with Crippen LogP contribution in [0.2, 0.25) is 0 Å². The molecule has 0 bridgehead atoms. The number of benzene rings is 1. The van der Waals surface area contributed by atoms with E-state index in [4.69, 9.17) is 0 Å². The zero-order valence-corrected chi connectivity index (χ0v) is 17.3. The molecule has 26 heavy (non-hydrogen) atoms. The van der Waals surface area contributed by atoms with E-state index in [9.17, 15) is 0 Å². The van der Waals surface area contributed by atoms with Gasteiger partial charge >= 0.3 is 0 Å². The van der Waals surface area contributed by atoms with Gasteiger partial charge in [-0.15, -0.1) is 0 Å².